The predicted molar refractivity (Wildman–Crippen MR) is 121 cm³/mol. The molecule has 2 N–H and O–H groups in total. The van der Waals surface area contributed by atoms with Gasteiger partial charge in [-0.05, 0) is 48.6 Å². The van der Waals surface area contributed by atoms with E-state index in [9.17, 15) is 4.79 Å². The molecule has 152 valence electrons. The minimum absolute atomic E-state index is 0.108. The molecule has 30 heavy (non-hydrogen) atoms. The number of pyridine rings is 1. The quantitative estimate of drug-likeness (QED) is 0.537. The van der Waals surface area contributed by atoms with Crippen molar-refractivity contribution in [3.63, 3.8) is 0 Å². The molecule has 3 aromatic rings. The molecule has 0 atom stereocenters. The van der Waals surface area contributed by atoms with Crippen LogP contribution in [-0.4, -0.2) is 41.0 Å². The molecule has 1 amide bonds. The zero-order valence-electron chi connectivity index (χ0n) is 17.0. The highest BCUT2D eigenvalue weighted by molar-refractivity contribution is 6.03. The molecule has 0 saturated carbocycles. The summed E-state index contributed by atoms with van der Waals surface area (Å²) in [6.07, 6.45) is 13.7. The van der Waals surface area contributed by atoms with Gasteiger partial charge in [-0.15, -0.1) is 6.42 Å². The van der Waals surface area contributed by atoms with E-state index in [0.717, 1.165) is 35.4 Å². The average molecular weight is 400 g/mol. The number of amides is 1. The van der Waals surface area contributed by atoms with Gasteiger partial charge in [-0.2, -0.15) is 0 Å². The molecule has 1 aromatic carbocycles. The van der Waals surface area contributed by atoms with Gasteiger partial charge in [-0.25, -0.2) is 15.0 Å². The Labute approximate surface area is 176 Å². The summed E-state index contributed by atoms with van der Waals surface area (Å²) in [6, 6.07) is 8.03. The number of anilines is 3. The molecule has 4 rings (SSSR count). The number of aromatic nitrogens is 3. The Balaban J connectivity index is 0.000000239. The molecular formula is C23H24N6O. The Morgan fingerprint density at radius 1 is 1.23 bits per heavy atom. The Kier molecular flexibility index (Phi) is 6.60. The van der Waals surface area contributed by atoms with Crippen LogP contribution in [0.1, 0.15) is 18.4 Å². The first-order valence-electron chi connectivity index (χ1n) is 9.61. The van der Waals surface area contributed by atoms with Crippen LogP contribution in [0.2, 0.25) is 0 Å². The third-order valence-electron chi connectivity index (χ3n) is 4.86. The maximum Gasteiger partial charge on any atom is 0.250 e. The zero-order chi connectivity index (χ0) is 21.5. The van der Waals surface area contributed by atoms with Crippen LogP contribution in [0.5, 0.6) is 0 Å². The fraction of sp³-hybridized carbons (Fsp3) is 0.217. The number of nitrogen functional groups attached to an aromatic ring is 1. The maximum atomic E-state index is 11.7. The van der Waals surface area contributed by atoms with Gasteiger partial charge in [0, 0.05) is 49.8 Å². The van der Waals surface area contributed by atoms with Crippen molar-refractivity contribution in [2.75, 3.05) is 35.7 Å². The van der Waals surface area contributed by atoms with Crippen LogP contribution in [0.25, 0.3) is 10.8 Å². The van der Waals surface area contributed by atoms with Crippen molar-refractivity contribution in [3.8, 4) is 12.3 Å². The minimum atomic E-state index is -0.108. The van der Waals surface area contributed by atoms with Gasteiger partial charge in [0.1, 0.15) is 5.82 Å². The topological polar surface area (TPSA) is 88.2 Å². The number of rotatable bonds is 3. The predicted octanol–water partition coefficient (Wildman–Crippen LogP) is 3.02. The number of terminal acetylenes is 1. The first kappa shape index (κ1) is 20.8. The molecule has 1 saturated heterocycles. The van der Waals surface area contributed by atoms with Crippen molar-refractivity contribution in [3.05, 3.63) is 61.1 Å². The van der Waals surface area contributed by atoms with Crippen molar-refractivity contribution >= 4 is 34.1 Å². The van der Waals surface area contributed by atoms with E-state index >= 15 is 0 Å². The van der Waals surface area contributed by atoms with Gasteiger partial charge < -0.3 is 15.5 Å². The SMILES string of the molecule is C#Cc1cnc(N)nc1.C=CC(=O)N(C)c1ccc2c(N3CCCC3)nccc2c1. The monoisotopic (exact) mass is 400 g/mol. The smallest absolute Gasteiger partial charge is 0.250 e. The van der Waals surface area contributed by atoms with Crippen LogP contribution >= 0.6 is 0 Å². The normalized spacial score (nSPS) is 12.6. The summed E-state index contributed by atoms with van der Waals surface area (Å²) in [5, 5.41) is 2.25. The molecule has 1 fully saturated rings. The summed E-state index contributed by atoms with van der Waals surface area (Å²) in [5.41, 5.74) is 6.70. The molecule has 3 heterocycles. The third-order valence-corrected chi connectivity index (χ3v) is 4.86. The van der Waals surface area contributed by atoms with Crippen molar-refractivity contribution < 1.29 is 4.79 Å². The highest BCUT2D eigenvalue weighted by Gasteiger charge is 2.16. The zero-order valence-corrected chi connectivity index (χ0v) is 17.0. The Bertz CT molecular complexity index is 1080. The van der Waals surface area contributed by atoms with Crippen molar-refractivity contribution in [1.82, 2.24) is 15.0 Å². The summed E-state index contributed by atoms with van der Waals surface area (Å²) in [5.74, 6) is 3.56. The molecule has 7 nitrogen and oxygen atoms in total. The second-order valence-corrected chi connectivity index (χ2v) is 6.81. The van der Waals surface area contributed by atoms with Gasteiger partial charge in [0.2, 0.25) is 11.9 Å². The van der Waals surface area contributed by atoms with E-state index in [1.165, 1.54) is 31.3 Å². The van der Waals surface area contributed by atoms with Crippen LogP contribution in [0.3, 0.4) is 0 Å². The van der Waals surface area contributed by atoms with E-state index in [1.807, 2.05) is 24.4 Å². The molecule has 0 spiro atoms. The molecule has 0 bridgehead atoms. The number of nitrogens with two attached hydrogens (primary N) is 1. The molecule has 1 aliphatic heterocycles. The Morgan fingerprint density at radius 3 is 2.57 bits per heavy atom. The highest BCUT2D eigenvalue weighted by Crippen LogP contribution is 2.29. The number of likely N-dealkylation sites (N-methyl/N-ethyl adjacent to an activating group) is 1. The number of fused-ring (bicyclic) bond motifs is 1. The number of benzene rings is 1. The number of hydrogen-bond acceptors (Lipinski definition) is 6. The van der Waals surface area contributed by atoms with Gasteiger partial charge >= 0.3 is 0 Å². The second-order valence-electron chi connectivity index (χ2n) is 6.81. The minimum Gasteiger partial charge on any atom is -0.368 e. The van der Waals surface area contributed by atoms with Crippen molar-refractivity contribution in [1.29, 1.82) is 0 Å². The van der Waals surface area contributed by atoms with Gasteiger partial charge in [0.15, 0.2) is 0 Å². The Hall–Kier alpha value is -3.92. The first-order chi connectivity index (χ1) is 14.5. The van der Waals surface area contributed by atoms with Gasteiger partial charge in [0.05, 0.1) is 5.56 Å². The molecule has 0 radical (unpaired) electrons. The fourth-order valence-electron chi connectivity index (χ4n) is 3.22. The van der Waals surface area contributed by atoms with Crippen LogP contribution in [-0.2, 0) is 4.79 Å². The lowest BCUT2D eigenvalue weighted by molar-refractivity contribution is -0.113. The van der Waals surface area contributed by atoms with Crippen LogP contribution < -0.4 is 15.5 Å². The Morgan fingerprint density at radius 2 is 1.93 bits per heavy atom. The molecule has 0 aliphatic carbocycles. The van der Waals surface area contributed by atoms with Crippen LogP contribution in [0.15, 0.2) is 55.5 Å². The molecule has 7 heteroatoms. The van der Waals surface area contributed by atoms with E-state index in [4.69, 9.17) is 12.2 Å². The molecule has 1 aliphatic rings. The highest BCUT2D eigenvalue weighted by atomic mass is 16.2. The summed E-state index contributed by atoms with van der Waals surface area (Å²) in [4.78, 5) is 27.5. The van der Waals surface area contributed by atoms with Gasteiger partial charge in [-0.1, -0.05) is 12.5 Å². The van der Waals surface area contributed by atoms with Crippen LogP contribution in [0, 0.1) is 12.3 Å². The van der Waals surface area contributed by atoms with Gasteiger partial charge in [0.25, 0.3) is 0 Å². The first-order valence-corrected chi connectivity index (χ1v) is 9.61. The standard InChI is InChI=1S/C17H19N3O.C6H5N3/c1-3-16(21)19(2)14-6-7-15-13(12-14)8-9-18-17(15)20-10-4-5-11-20;1-2-5-3-8-6(7)9-4-5/h3,6-9,12H,1,4-5,10-11H2,2H3;1,3-4H,(H2,7,8,9). The molecule has 0 unspecified atom stereocenters. The fourth-order valence-corrected chi connectivity index (χ4v) is 3.22. The van der Waals surface area contributed by atoms with E-state index in [2.05, 4.69) is 38.4 Å². The number of hydrogen-bond donors (Lipinski definition) is 1. The summed E-state index contributed by atoms with van der Waals surface area (Å²) < 4.78 is 0. The number of carbonyl (C=O) groups excluding carboxylic acids is 1. The molecular weight excluding hydrogens is 376 g/mol. The number of carbonyl (C=O) groups is 1. The van der Waals surface area contributed by atoms with Crippen molar-refractivity contribution in [2.24, 2.45) is 0 Å². The van der Waals surface area contributed by atoms with E-state index in [-0.39, 0.29) is 11.9 Å². The summed E-state index contributed by atoms with van der Waals surface area (Å²) in [7, 11) is 1.76. The summed E-state index contributed by atoms with van der Waals surface area (Å²) >= 11 is 0. The average Bonchev–Trinajstić information content (AvgIpc) is 3.33. The molecule has 2 aromatic heterocycles. The lowest BCUT2D eigenvalue weighted by atomic mass is 10.1. The van der Waals surface area contributed by atoms with Crippen LogP contribution in [0.4, 0.5) is 17.5 Å². The van der Waals surface area contributed by atoms with E-state index in [1.54, 1.807) is 11.9 Å². The largest absolute Gasteiger partial charge is 0.368 e. The van der Waals surface area contributed by atoms with E-state index < -0.39 is 0 Å². The van der Waals surface area contributed by atoms with E-state index in [0.29, 0.717) is 5.56 Å². The number of nitrogens with zero attached hydrogens (tertiary/aromatic N) is 5. The lowest BCUT2D eigenvalue weighted by Gasteiger charge is -2.20. The third kappa shape index (κ3) is 4.73. The maximum absolute atomic E-state index is 11.7. The van der Waals surface area contributed by atoms with Crippen molar-refractivity contribution in [2.45, 2.75) is 12.8 Å². The second kappa shape index (κ2) is 9.52. The summed E-state index contributed by atoms with van der Waals surface area (Å²) in [6.45, 7) is 5.67. The van der Waals surface area contributed by atoms with Gasteiger partial charge in [-0.3, -0.25) is 4.79 Å². The lowest BCUT2D eigenvalue weighted by Crippen LogP contribution is -2.23.